The SMILES string of the molecule is O=C(O)c1ccn(C2CCN(c3nc(-c4ccccc4)no3)CC2)n1. The molecule has 25 heavy (non-hydrogen) atoms. The van der Waals surface area contributed by atoms with Gasteiger partial charge in [0.1, 0.15) is 0 Å². The van der Waals surface area contributed by atoms with Crippen molar-refractivity contribution in [3.63, 3.8) is 0 Å². The second kappa shape index (κ2) is 6.39. The van der Waals surface area contributed by atoms with E-state index in [1.165, 1.54) is 6.07 Å². The van der Waals surface area contributed by atoms with Gasteiger partial charge < -0.3 is 14.5 Å². The molecule has 0 spiro atoms. The molecule has 0 bridgehead atoms. The number of anilines is 1. The Balaban J connectivity index is 1.42. The van der Waals surface area contributed by atoms with Gasteiger partial charge in [-0.2, -0.15) is 10.1 Å². The Morgan fingerprint density at radius 3 is 2.60 bits per heavy atom. The summed E-state index contributed by atoms with van der Waals surface area (Å²) in [6, 6.07) is 11.9. The predicted octanol–water partition coefficient (Wildman–Crippen LogP) is 2.47. The highest BCUT2D eigenvalue weighted by atomic mass is 16.5. The van der Waals surface area contributed by atoms with Gasteiger partial charge in [-0.3, -0.25) is 4.68 Å². The van der Waals surface area contributed by atoms with E-state index in [0.717, 1.165) is 31.5 Å². The minimum atomic E-state index is -1.00. The van der Waals surface area contributed by atoms with Gasteiger partial charge in [-0.1, -0.05) is 35.5 Å². The Labute approximate surface area is 143 Å². The first-order valence-corrected chi connectivity index (χ1v) is 8.13. The maximum atomic E-state index is 10.9. The van der Waals surface area contributed by atoms with E-state index >= 15 is 0 Å². The van der Waals surface area contributed by atoms with Gasteiger partial charge >= 0.3 is 12.0 Å². The van der Waals surface area contributed by atoms with Crippen LogP contribution in [0.2, 0.25) is 0 Å². The lowest BCUT2D eigenvalue weighted by Crippen LogP contribution is -2.35. The van der Waals surface area contributed by atoms with Gasteiger partial charge in [0.2, 0.25) is 5.82 Å². The van der Waals surface area contributed by atoms with Gasteiger partial charge in [0.05, 0.1) is 6.04 Å². The maximum absolute atomic E-state index is 10.9. The molecule has 0 atom stereocenters. The van der Waals surface area contributed by atoms with E-state index in [9.17, 15) is 4.79 Å². The van der Waals surface area contributed by atoms with Crippen molar-refractivity contribution in [1.29, 1.82) is 0 Å². The fourth-order valence-electron chi connectivity index (χ4n) is 3.03. The van der Waals surface area contributed by atoms with Crippen LogP contribution in [-0.2, 0) is 0 Å². The van der Waals surface area contributed by atoms with Crippen molar-refractivity contribution in [3.05, 3.63) is 48.3 Å². The Morgan fingerprint density at radius 1 is 1.16 bits per heavy atom. The van der Waals surface area contributed by atoms with Crippen molar-refractivity contribution < 1.29 is 14.4 Å². The third-order valence-electron chi connectivity index (χ3n) is 4.38. The number of rotatable bonds is 4. The van der Waals surface area contributed by atoms with Gasteiger partial charge in [0.15, 0.2) is 5.69 Å². The molecule has 128 valence electrons. The summed E-state index contributed by atoms with van der Waals surface area (Å²) in [6.45, 7) is 1.51. The largest absolute Gasteiger partial charge is 0.476 e. The summed E-state index contributed by atoms with van der Waals surface area (Å²) >= 11 is 0. The maximum Gasteiger partial charge on any atom is 0.356 e. The molecule has 0 unspecified atom stereocenters. The van der Waals surface area contributed by atoms with Crippen molar-refractivity contribution in [1.82, 2.24) is 19.9 Å². The number of carboxylic acid groups (broad SMARTS) is 1. The minimum Gasteiger partial charge on any atom is -0.476 e. The molecule has 0 radical (unpaired) electrons. The monoisotopic (exact) mass is 339 g/mol. The number of carboxylic acids is 1. The summed E-state index contributed by atoms with van der Waals surface area (Å²) in [7, 11) is 0. The molecule has 1 aliphatic rings. The second-order valence-corrected chi connectivity index (χ2v) is 5.97. The highest BCUT2D eigenvalue weighted by Gasteiger charge is 2.25. The van der Waals surface area contributed by atoms with Crippen LogP contribution in [0.5, 0.6) is 0 Å². The number of carbonyl (C=O) groups is 1. The lowest BCUT2D eigenvalue weighted by molar-refractivity contribution is 0.0689. The molecule has 8 heteroatoms. The third-order valence-corrected chi connectivity index (χ3v) is 4.38. The molecule has 1 aliphatic heterocycles. The standard InChI is InChI=1S/C17H17N5O3/c23-16(24)14-8-11-22(19-14)13-6-9-21(10-7-13)17-18-15(20-25-17)12-4-2-1-3-5-12/h1-5,8,11,13H,6-7,9-10H2,(H,23,24). The Morgan fingerprint density at radius 2 is 1.92 bits per heavy atom. The van der Waals surface area contributed by atoms with Crippen LogP contribution < -0.4 is 4.90 Å². The van der Waals surface area contributed by atoms with Crippen LogP contribution >= 0.6 is 0 Å². The minimum absolute atomic E-state index is 0.0758. The van der Waals surface area contributed by atoms with Crippen molar-refractivity contribution in [3.8, 4) is 11.4 Å². The van der Waals surface area contributed by atoms with E-state index in [-0.39, 0.29) is 11.7 Å². The van der Waals surface area contributed by atoms with Crippen molar-refractivity contribution in [2.24, 2.45) is 0 Å². The summed E-state index contributed by atoms with van der Waals surface area (Å²) in [5, 5.41) is 17.1. The molecule has 1 saturated heterocycles. The second-order valence-electron chi connectivity index (χ2n) is 5.97. The average molecular weight is 339 g/mol. The molecular formula is C17H17N5O3. The molecule has 3 aromatic rings. The molecule has 2 aromatic heterocycles. The Bertz CT molecular complexity index is 865. The Hall–Kier alpha value is -3.16. The smallest absolute Gasteiger partial charge is 0.356 e. The Kier molecular flexibility index (Phi) is 3.93. The third kappa shape index (κ3) is 3.10. The first-order chi connectivity index (χ1) is 12.2. The van der Waals surface area contributed by atoms with E-state index in [4.69, 9.17) is 9.63 Å². The number of piperidine rings is 1. The van der Waals surface area contributed by atoms with Gasteiger partial charge in [-0.25, -0.2) is 4.79 Å². The molecule has 3 heterocycles. The fraction of sp³-hybridized carbons (Fsp3) is 0.294. The van der Waals surface area contributed by atoms with E-state index in [1.807, 2.05) is 30.3 Å². The van der Waals surface area contributed by atoms with Gasteiger partial charge in [-0.05, 0) is 18.9 Å². The van der Waals surface area contributed by atoms with Crippen LogP contribution in [0, 0.1) is 0 Å². The zero-order chi connectivity index (χ0) is 17.2. The number of hydrogen-bond acceptors (Lipinski definition) is 6. The van der Waals surface area contributed by atoms with E-state index < -0.39 is 5.97 Å². The predicted molar refractivity (Wildman–Crippen MR) is 89.4 cm³/mol. The summed E-state index contributed by atoms with van der Waals surface area (Å²) in [5.41, 5.74) is 0.997. The molecule has 0 amide bonds. The van der Waals surface area contributed by atoms with Crippen LogP contribution in [0.1, 0.15) is 29.4 Å². The molecule has 8 nitrogen and oxygen atoms in total. The van der Waals surface area contributed by atoms with Crippen LogP contribution in [-0.4, -0.2) is 44.1 Å². The van der Waals surface area contributed by atoms with Gasteiger partial charge in [0.25, 0.3) is 0 Å². The molecule has 4 rings (SSSR count). The lowest BCUT2D eigenvalue weighted by atomic mass is 10.1. The van der Waals surface area contributed by atoms with Crippen molar-refractivity contribution in [2.45, 2.75) is 18.9 Å². The van der Waals surface area contributed by atoms with Crippen molar-refractivity contribution in [2.75, 3.05) is 18.0 Å². The summed E-state index contributed by atoms with van der Waals surface area (Å²) in [6.07, 6.45) is 3.40. The van der Waals surface area contributed by atoms with E-state index in [1.54, 1.807) is 10.9 Å². The molecule has 1 N–H and O–H groups in total. The first kappa shape index (κ1) is 15.4. The zero-order valence-electron chi connectivity index (χ0n) is 13.4. The molecular weight excluding hydrogens is 322 g/mol. The first-order valence-electron chi connectivity index (χ1n) is 8.13. The lowest BCUT2D eigenvalue weighted by Gasteiger charge is -2.30. The van der Waals surface area contributed by atoms with Gasteiger partial charge in [0, 0.05) is 24.8 Å². The van der Waals surface area contributed by atoms with E-state index in [0.29, 0.717) is 11.8 Å². The molecule has 0 aliphatic carbocycles. The topological polar surface area (TPSA) is 97.3 Å². The number of benzene rings is 1. The van der Waals surface area contributed by atoms with Crippen LogP contribution in [0.4, 0.5) is 6.01 Å². The van der Waals surface area contributed by atoms with Crippen molar-refractivity contribution >= 4 is 12.0 Å². The highest BCUT2D eigenvalue weighted by Crippen LogP contribution is 2.26. The molecule has 0 saturated carbocycles. The van der Waals surface area contributed by atoms with Gasteiger partial charge in [-0.15, -0.1) is 0 Å². The number of nitrogens with zero attached hydrogens (tertiary/aromatic N) is 5. The normalized spacial score (nSPS) is 15.4. The average Bonchev–Trinajstić information content (AvgIpc) is 3.33. The van der Waals surface area contributed by atoms with Crippen LogP contribution in [0.25, 0.3) is 11.4 Å². The summed E-state index contributed by atoms with van der Waals surface area (Å²) in [4.78, 5) is 17.5. The molecule has 1 fully saturated rings. The quantitative estimate of drug-likeness (QED) is 0.780. The van der Waals surface area contributed by atoms with Crippen LogP contribution in [0.15, 0.2) is 47.1 Å². The van der Waals surface area contributed by atoms with Crippen LogP contribution in [0.3, 0.4) is 0 Å². The fourth-order valence-corrected chi connectivity index (χ4v) is 3.03. The number of hydrogen-bond donors (Lipinski definition) is 1. The summed E-state index contributed by atoms with van der Waals surface area (Å²) in [5.74, 6) is -0.425. The molecule has 1 aromatic carbocycles. The number of aromatic nitrogens is 4. The number of aromatic carboxylic acids is 1. The zero-order valence-corrected chi connectivity index (χ0v) is 13.4. The highest BCUT2D eigenvalue weighted by molar-refractivity contribution is 5.85. The van der Waals surface area contributed by atoms with E-state index in [2.05, 4.69) is 20.1 Å². The summed E-state index contributed by atoms with van der Waals surface area (Å²) < 4.78 is 7.14.